The van der Waals surface area contributed by atoms with E-state index in [-0.39, 0.29) is 17.1 Å². The maximum atomic E-state index is 12.6. The molecule has 0 saturated heterocycles. The van der Waals surface area contributed by atoms with Gasteiger partial charge in [-0.3, -0.25) is 4.79 Å². The number of alkyl halides is 3. The molecule has 1 rings (SSSR count). The molecule has 3 nitrogen and oxygen atoms in total. The van der Waals surface area contributed by atoms with Crippen LogP contribution >= 0.6 is 11.6 Å². The Kier molecular flexibility index (Phi) is 5.42. The van der Waals surface area contributed by atoms with Crippen molar-refractivity contribution in [3.63, 3.8) is 0 Å². The average Bonchev–Trinajstić information content (AvgIpc) is 2.33. The first-order valence-corrected chi connectivity index (χ1v) is 6.30. The van der Waals surface area contributed by atoms with Crippen LogP contribution in [-0.2, 0) is 6.18 Å². The quantitative estimate of drug-likeness (QED) is 0.928. The lowest BCUT2D eigenvalue weighted by Crippen LogP contribution is -2.29. The SMILES string of the molecule is C[C@H](O)CCN(C)C(=O)c1cc(Cl)cc(C(F)(F)F)c1. The smallest absolute Gasteiger partial charge is 0.393 e. The monoisotopic (exact) mass is 309 g/mol. The zero-order valence-corrected chi connectivity index (χ0v) is 11.8. The van der Waals surface area contributed by atoms with Crippen LogP contribution in [0.5, 0.6) is 0 Å². The fourth-order valence-electron chi connectivity index (χ4n) is 1.58. The topological polar surface area (TPSA) is 40.5 Å². The van der Waals surface area contributed by atoms with Gasteiger partial charge < -0.3 is 10.0 Å². The van der Waals surface area contributed by atoms with Crippen LogP contribution in [-0.4, -0.2) is 35.6 Å². The molecule has 1 aromatic rings. The van der Waals surface area contributed by atoms with Crippen LogP contribution in [0.1, 0.15) is 29.3 Å². The summed E-state index contributed by atoms with van der Waals surface area (Å²) in [5.74, 6) is -0.571. The number of benzene rings is 1. The molecule has 0 spiro atoms. The van der Waals surface area contributed by atoms with Crippen molar-refractivity contribution < 1.29 is 23.1 Å². The minimum absolute atomic E-state index is 0.127. The van der Waals surface area contributed by atoms with E-state index in [1.807, 2.05) is 0 Å². The molecule has 0 aliphatic carbocycles. The van der Waals surface area contributed by atoms with Crippen LogP contribution in [0, 0.1) is 0 Å². The molecule has 0 bridgehead atoms. The second kappa shape index (κ2) is 6.45. The molecule has 0 radical (unpaired) electrons. The summed E-state index contributed by atoms with van der Waals surface area (Å²) in [6, 6.07) is 2.74. The first-order chi connectivity index (χ1) is 9.11. The Morgan fingerprint density at radius 2 is 2.00 bits per heavy atom. The molecule has 1 aromatic carbocycles. The van der Waals surface area contributed by atoms with Crippen molar-refractivity contribution in [1.29, 1.82) is 0 Å². The molecule has 112 valence electrons. The van der Waals surface area contributed by atoms with Gasteiger partial charge in [0, 0.05) is 24.2 Å². The Bertz CT molecular complexity index is 489. The van der Waals surface area contributed by atoms with Crippen molar-refractivity contribution in [2.24, 2.45) is 0 Å². The van der Waals surface area contributed by atoms with Crippen molar-refractivity contribution in [2.75, 3.05) is 13.6 Å². The minimum Gasteiger partial charge on any atom is -0.393 e. The zero-order chi connectivity index (χ0) is 15.5. The summed E-state index contributed by atoms with van der Waals surface area (Å²) < 4.78 is 37.9. The highest BCUT2D eigenvalue weighted by Gasteiger charge is 2.32. The van der Waals surface area contributed by atoms with Gasteiger partial charge >= 0.3 is 6.18 Å². The van der Waals surface area contributed by atoms with E-state index in [0.717, 1.165) is 12.1 Å². The van der Waals surface area contributed by atoms with Crippen LogP contribution in [0.25, 0.3) is 0 Å². The molecule has 20 heavy (non-hydrogen) atoms. The Labute approximate surface area is 120 Å². The number of amides is 1. The number of hydrogen-bond donors (Lipinski definition) is 1. The molecule has 0 saturated carbocycles. The fraction of sp³-hybridized carbons (Fsp3) is 0.462. The van der Waals surface area contributed by atoms with E-state index in [4.69, 9.17) is 16.7 Å². The maximum absolute atomic E-state index is 12.6. The summed E-state index contributed by atoms with van der Waals surface area (Å²) in [4.78, 5) is 13.3. The summed E-state index contributed by atoms with van der Waals surface area (Å²) in [7, 11) is 1.46. The van der Waals surface area contributed by atoms with E-state index >= 15 is 0 Å². The molecule has 1 atom stereocenters. The first kappa shape index (κ1) is 16.8. The van der Waals surface area contributed by atoms with E-state index in [0.29, 0.717) is 6.42 Å². The van der Waals surface area contributed by atoms with Crippen molar-refractivity contribution >= 4 is 17.5 Å². The van der Waals surface area contributed by atoms with Crippen molar-refractivity contribution in [2.45, 2.75) is 25.6 Å². The van der Waals surface area contributed by atoms with Crippen molar-refractivity contribution in [3.05, 3.63) is 34.3 Å². The van der Waals surface area contributed by atoms with Gasteiger partial charge in [-0.25, -0.2) is 0 Å². The number of halogens is 4. The predicted octanol–water partition coefficient (Wildman–Crippen LogP) is 3.20. The fourth-order valence-corrected chi connectivity index (χ4v) is 1.81. The number of carbonyl (C=O) groups is 1. The molecule has 0 aromatic heterocycles. The molecule has 0 heterocycles. The van der Waals surface area contributed by atoms with Gasteiger partial charge in [0.1, 0.15) is 0 Å². The first-order valence-electron chi connectivity index (χ1n) is 5.92. The van der Waals surface area contributed by atoms with Crippen molar-refractivity contribution in [3.8, 4) is 0 Å². The Morgan fingerprint density at radius 1 is 1.40 bits per heavy atom. The highest BCUT2D eigenvalue weighted by molar-refractivity contribution is 6.31. The molecule has 0 fully saturated rings. The Morgan fingerprint density at radius 3 is 2.50 bits per heavy atom. The van der Waals surface area contributed by atoms with Gasteiger partial charge in [0.05, 0.1) is 11.7 Å². The van der Waals surface area contributed by atoms with E-state index in [2.05, 4.69) is 0 Å². The largest absolute Gasteiger partial charge is 0.416 e. The number of aliphatic hydroxyl groups is 1. The third-order valence-corrected chi connectivity index (χ3v) is 2.92. The van der Waals surface area contributed by atoms with Gasteiger partial charge in [0.25, 0.3) is 5.91 Å². The summed E-state index contributed by atoms with van der Waals surface area (Å²) in [5, 5.41) is 8.99. The summed E-state index contributed by atoms with van der Waals surface area (Å²) >= 11 is 5.62. The van der Waals surface area contributed by atoms with Gasteiger partial charge in [-0.1, -0.05) is 11.6 Å². The van der Waals surface area contributed by atoms with Gasteiger partial charge in [0.2, 0.25) is 0 Å². The predicted molar refractivity (Wildman–Crippen MR) is 69.7 cm³/mol. The molecule has 0 aliphatic heterocycles. The number of nitrogens with zero attached hydrogens (tertiary/aromatic N) is 1. The summed E-state index contributed by atoms with van der Waals surface area (Å²) in [6.45, 7) is 1.81. The third-order valence-electron chi connectivity index (χ3n) is 2.70. The average molecular weight is 310 g/mol. The Balaban J connectivity index is 2.96. The third kappa shape index (κ3) is 4.68. The molecule has 0 aliphatic rings. The number of hydrogen-bond acceptors (Lipinski definition) is 2. The van der Waals surface area contributed by atoms with Crippen molar-refractivity contribution in [1.82, 2.24) is 4.90 Å². The number of aliphatic hydroxyl groups excluding tert-OH is 1. The van der Waals surface area contributed by atoms with Gasteiger partial charge in [-0.05, 0) is 31.5 Å². The van der Waals surface area contributed by atoms with E-state index in [9.17, 15) is 18.0 Å². The normalized spacial score (nSPS) is 13.2. The molecule has 1 N–H and O–H groups in total. The van der Waals surface area contributed by atoms with E-state index in [1.165, 1.54) is 18.0 Å². The van der Waals surface area contributed by atoms with Crippen LogP contribution in [0.4, 0.5) is 13.2 Å². The lowest BCUT2D eigenvalue weighted by molar-refractivity contribution is -0.137. The number of rotatable bonds is 4. The summed E-state index contributed by atoms with van der Waals surface area (Å²) in [6.07, 6.45) is -4.80. The maximum Gasteiger partial charge on any atom is 0.416 e. The van der Waals surface area contributed by atoms with Crippen LogP contribution in [0.2, 0.25) is 5.02 Å². The highest BCUT2D eigenvalue weighted by atomic mass is 35.5. The van der Waals surface area contributed by atoms with E-state index in [1.54, 1.807) is 6.92 Å². The molecular weight excluding hydrogens is 295 g/mol. The van der Waals surface area contributed by atoms with Gasteiger partial charge in [-0.2, -0.15) is 13.2 Å². The molecule has 1 amide bonds. The number of carbonyl (C=O) groups excluding carboxylic acids is 1. The minimum atomic E-state index is -4.56. The van der Waals surface area contributed by atoms with Gasteiger partial charge in [-0.15, -0.1) is 0 Å². The zero-order valence-electron chi connectivity index (χ0n) is 11.0. The molecule has 7 heteroatoms. The van der Waals surface area contributed by atoms with Gasteiger partial charge in [0.15, 0.2) is 0 Å². The van der Waals surface area contributed by atoms with Crippen LogP contribution < -0.4 is 0 Å². The molecular formula is C13H15ClF3NO2. The second-order valence-corrected chi connectivity index (χ2v) is 5.03. The lowest BCUT2D eigenvalue weighted by atomic mass is 10.1. The summed E-state index contributed by atoms with van der Waals surface area (Å²) in [5.41, 5.74) is -1.09. The lowest BCUT2D eigenvalue weighted by Gasteiger charge is -2.19. The van der Waals surface area contributed by atoms with Crippen LogP contribution in [0.15, 0.2) is 18.2 Å². The highest BCUT2D eigenvalue weighted by Crippen LogP contribution is 2.32. The second-order valence-electron chi connectivity index (χ2n) is 4.59. The molecule has 0 unspecified atom stereocenters. The van der Waals surface area contributed by atoms with Crippen LogP contribution in [0.3, 0.4) is 0 Å². The van der Waals surface area contributed by atoms with E-state index < -0.39 is 23.8 Å². The Hall–Kier alpha value is -1.27. The standard InChI is InChI=1S/C13H15ClF3NO2/c1-8(19)3-4-18(2)12(20)9-5-10(13(15,16)17)7-11(14)6-9/h5-8,19H,3-4H2,1-2H3/t8-/m0/s1.